The first-order valence-electron chi connectivity index (χ1n) is 9.21. The van der Waals surface area contributed by atoms with Crippen LogP contribution in [-0.2, 0) is 17.6 Å². The highest BCUT2D eigenvalue weighted by Gasteiger charge is 2.21. The molecule has 0 saturated carbocycles. The molecule has 4 nitrogen and oxygen atoms in total. The summed E-state index contributed by atoms with van der Waals surface area (Å²) in [6.07, 6.45) is 3.04. The van der Waals surface area contributed by atoms with Gasteiger partial charge in [0.1, 0.15) is 5.75 Å². The molecule has 3 rings (SSSR count). The smallest absolute Gasteiger partial charge is 0.227 e. The molecule has 0 spiro atoms. The number of hydrogen-bond acceptors (Lipinski definition) is 3. The lowest BCUT2D eigenvalue weighted by Crippen LogP contribution is -2.32. The Labute approximate surface area is 170 Å². The van der Waals surface area contributed by atoms with E-state index in [1.807, 2.05) is 66.7 Å². The lowest BCUT2D eigenvalue weighted by atomic mass is 9.93. The van der Waals surface area contributed by atoms with Crippen LogP contribution in [0.4, 0.5) is 0 Å². The van der Waals surface area contributed by atoms with Crippen molar-refractivity contribution >= 4 is 17.5 Å². The number of carbonyl (C=O) groups excluding carboxylic acids is 1. The van der Waals surface area contributed by atoms with Gasteiger partial charge in [-0.25, -0.2) is 0 Å². The second kappa shape index (κ2) is 9.90. The van der Waals surface area contributed by atoms with Crippen LogP contribution in [0.3, 0.4) is 0 Å². The number of benzene rings is 2. The van der Waals surface area contributed by atoms with Gasteiger partial charge in [-0.05, 0) is 53.9 Å². The van der Waals surface area contributed by atoms with Crippen LogP contribution in [0.5, 0.6) is 5.75 Å². The minimum Gasteiger partial charge on any atom is -0.497 e. The van der Waals surface area contributed by atoms with Crippen molar-refractivity contribution in [3.63, 3.8) is 0 Å². The first-order chi connectivity index (χ1) is 13.7. The van der Waals surface area contributed by atoms with Crippen LogP contribution in [0.2, 0.25) is 5.02 Å². The maximum Gasteiger partial charge on any atom is 0.227 e. The summed E-state index contributed by atoms with van der Waals surface area (Å²) in [6, 6.07) is 21.0. The van der Waals surface area contributed by atoms with Crippen molar-refractivity contribution in [2.45, 2.75) is 18.8 Å². The molecule has 0 aliphatic carbocycles. The number of amides is 1. The van der Waals surface area contributed by atoms with Gasteiger partial charge in [-0.1, -0.05) is 41.9 Å². The van der Waals surface area contributed by atoms with E-state index in [1.54, 1.807) is 13.3 Å². The fourth-order valence-electron chi connectivity index (χ4n) is 3.03. The molecule has 1 atom stereocenters. The minimum atomic E-state index is -0.317. The zero-order chi connectivity index (χ0) is 19.8. The molecule has 5 heteroatoms. The van der Waals surface area contributed by atoms with Gasteiger partial charge < -0.3 is 10.1 Å². The van der Waals surface area contributed by atoms with Crippen molar-refractivity contribution in [1.29, 1.82) is 0 Å². The van der Waals surface area contributed by atoms with E-state index in [1.165, 1.54) is 0 Å². The van der Waals surface area contributed by atoms with Crippen LogP contribution in [0.15, 0.2) is 72.9 Å². The Kier molecular flexibility index (Phi) is 7.04. The third-order valence-electron chi connectivity index (χ3n) is 4.60. The molecule has 1 aromatic heterocycles. The fourth-order valence-corrected chi connectivity index (χ4v) is 3.16. The average molecular weight is 395 g/mol. The van der Waals surface area contributed by atoms with Crippen molar-refractivity contribution < 1.29 is 9.53 Å². The van der Waals surface area contributed by atoms with Crippen LogP contribution in [0, 0.1) is 0 Å². The summed E-state index contributed by atoms with van der Waals surface area (Å²) in [4.78, 5) is 17.3. The second-order valence-electron chi connectivity index (χ2n) is 6.52. The number of ether oxygens (including phenoxy) is 1. The van der Waals surface area contributed by atoms with Gasteiger partial charge in [0, 0.05) is 29.9 Å². The molecular weight excluding hydrogens is 372 g/mol. The standard InChI is InChI=1S/C23H23ClN2O2/c1-28-21-11-5-17(6-12-21)13-15-26-23(27)22(16-20-4-2-3-14-25-20)18-7-9-19(24)10-8-18/h2-12,14,22H,13,15-16H2,1H3,(H,26,27). The molecular formula is C23H23ClN2O2. The lowest BCUT2D eigenvalue weighted by Gasteiger charge is -2.17. The van der Waals surface area contributed by atoms with E-state index in [9.17, 15) is 4.79 Å². The van der Waals surface area contributed by atoms with Crippen LogP contribution in [0.1, 0.15) is 22.7 Å². The number of aromatic nitrogens is 1. The molecule has 0 bridgehead atoms. The molecule has 1 heterocycles. The molecule has 0 saturated heterocycles. The van der Waals surface area contributed by atoms with Crippen molar-refractivity contribution in [1.82, 2.24) is 10.3 Å². The number of hydrogen-bond donors (Lipinski definition) is 1. The van der Waals surface area contributed by atoms with Gasteiger partial charge in [-0.2, -0.15) is 0 Å². The molecule has 2 aromatic carbocycles. The highest BCUT2D eigenvalue weighted by Crippen LogP contribution is 2.22. The number of methoxy groups -OCH3 is 1. The number of nitrogens with zero attached hydrogens (tertiary/aromatic N) is 1. The van der Waals surface area contributed by atoms with E-state index in [0.29, 0.717) is 18.0 Å². The topological polar surface area (TPSA) is 51.2 Å². The highest BCUT2D eigenvalue weighted by atomic mass is 35.5. The second-order valence-corrected chi connectivity index (χ2v) is 6.95. The molecule has 1 amide bonds. The zero-order valence-corrected chi connectivity index (χ0v) is 16.5. The average Bonchev–Trinajstić information content (AvgIpc) is 2.74. The lowest BCUT2D eigenvalue weighted by molar-refractivity contribution is -0.122. The van der Waals surface area contributed by atoms with Crippen molar-refractivity contribution in [2.75, 3.05) is 13.7 Å². The molecule has 1 N–H and O–H groups in total. The van der Waals surface area contributed by atoms with Gasteiger partial charge in [0.2, 0.25) is 5.91 Å². The highest BCUT2D eigenvalue weighted by molar-refractivity contribution is 6.30. The first kappa shape index (κ1) is 19.9. The van der Waals surface area contributed by atoms with Crippen LogP contribution < -0.4 is 10.1 Å². The largest absolute Gasteiger partial charge is 0.497 e. The van der Waals surface area contributed by atoms with Gasteiger partial charge in [0.15, 0.2) is 0 Å². The first-order valence-corrected chi connectivity index (χ1v) is 9.59. The van der Waals surface area contributed by atoms with Crippen molar-refractivity contribution in [3.05, 3.63) is 94.8 Å². The summed E-state index contributed by atoms with van der Waals surface area (Å²) >= 11 is 6.01. The Morgan fingerprint density at radius 2 is 1.82 bits per heavy atom. The molecule has 0 aliphatic rings. The molecule has 144 valence electrons. The molecule has 0 aliphatic heterocycles. The number of nitrogens with one attached hydrogen (secondary N) is 1. The Balaban J connectivity index is 1.66. The summed E-state index contributed by atoms with van der Waals surface area (Å²) in [5.41, 5.74) is 2.96. The monoisotopic (exact) mass is 394 g/mol. The molecule has 0 radical (unpaired) electrons. The normalized spacial score (nSPS) is 11.6. The fraction of sp³-hybridized carbons (Fsp3) is 0.217. The van der Waals surface area contributed by atoms with Gasteiger partial charge in [0.05, 0.1) is 13.0 Å². The predicted octanol–water partition coefficient (Wildman–Crippen LogP) is 4.43. The van der Waals surface area contributed by atoms with E-state index < -0.39 is 0 Å². The minimum absolute atomic E-state index is 0.0125. The zero-order valence-electron chi connectivity index (χ0n) is 15.8. The van der Waals surface area contributed by atoms with Gasteiger partial charge in [-0.3, -0.25) is 9.78 Å². The third-order valence-corrected chi connectivity index (χ3v) is 4.85. The number of rotatable bonds is 8. The van der Waals surface area contributed by atoms with E-state index in [2.05, 4.69) is 10.3 Å². The van der Waals surface area contributed by atoms with Gasteiger partial charge in [-0.15, -0.1) is 0 Å². The van der Waals surface area contributed by atoms with Gasteiger partial charge >= 0.3 is 0 Å². The summed E-state index contributed by atoms with van der Waals surface area (Å²) in [6.45, 7) is 0.567. The van der Waals surface area contributed by atoms with Crippen LogP contribution in [0.25, 0.3) is 0 Å². The van der Waals surface area contributed by atoms with Crippen molar-refractivity contribution in [3.8, 4) is 5.75 Å². The Hall–Kier alpha value is -2.85. The Morgan fingerprint density at radius 3 is 2.46 bits per heavy atom. The Morgan fingerprint density at radius 1 is 1.07 bits per heavy atom. The summed E-state index contributed by atoms with van der Waals surface area (Å²) in [5.74, 6) is 0.496. The summed E-state index contributed by atoms with van der Waals surface area (Å²) in [5, 5.41) is 3.72. The predicted molar refractivity (Wildman–Crippen MR) is 112 cm³/mol. The number of halogens is 1. The van der Waals surface area contributed by atoms with E-state index in [-0.39, 0.29) is 11.8 Å². The maximum absolute atomic E-state index is 12.9. The van der Waals surface area contributed by atoms with Crippen LogP contribution >= 0.6 is 11.6 Å². The quantitative estimate of drug-likeness (QED) is 0.615. The third kappa shape index (κ3) is 5.57. The molecule has 1 unspecified atom stereocenters. The molecule has 0 fully saturated rings. The summed E-state index contributed by atoms with van der Waals surface area (Å²) in [7, 11) is 1.65. The molecule has 3 aromatic rings. The summed E-state index contributed by atoms with van der Waals surface area (Å²) < 4.78 is 5.17. The molecule has 28 heavy (non-hydrogen) atoms. The maximum atomic E-state index is 12.9. The van der Waals surface area contributed by atoms with E-state index in [0.717, 1.165) is 29.0 Å². The van der Waals surface area contributed by atoms with E-state index >= 15 is 0 Å². The number of pyridine rings is 1. The number of carbonyl (C=O) groups is 1. The van der Waals surface area contributed by atoms with Crippen molar-refractivity contribution in [2.24, 2.45) is 0 Å². The Bertz CT molecular complexity index is 881. The SMILES string of the molecule is COc1ccc(CCNC(=O)C(Cc2ccccn2)c2ccc(Cl)cc2)cc1. The van der Waals surface area contributed by atoms with Crippen LogP contribution in [-0.4, -0.2) is 24.5 Å². The van der Waals surface area contributed by atoms with E-state index in [4.69, 9.17) is 16.3 Å². The van der Waals surface area contributed by atoms with Gasteiger partial charge in [0.25, 0.3) is 0 Å².